The molecule has 0 fully saturated rings. The second-order valence-corrected chi connectivity index (χ2v) is 5.74. The third-order valence-corrected chi connectivity index (χ3v) is 4.01. The van der Waals surface area contributed by atoms with Crippen molar-refractivity contribution >= 4 is 34.8 Å². The van der Waals surface area contributed by atoms with Gasteiger partial charge in [0.2, 0.25) is 0 Å². The Morgan fingerprint density at radius 3 is 2.47 bits per heavy atom. The van der Waals surface area contributed by atoms with E-state index in [0.717, 1.165) is 11.1 Å². The van der Waals surface area contributed by atoms with Crippen LogP contribution in [0.3, 0.4) is 0 Å². The smallest absolute Gasteiger partial charge is 0.127 e. The molecule has 0 bridgehead atoms. The van der Waals surface area contributed by atoms with Gasteiger partial charge in [0, 0.05) is 15.6 Å². The first-order valence-electron chi connectivity index (χ1n) is 5.82. The normalized spacial score (nSPS) is 12.5. The summed E-state index contributed by atoms with van der Waals surface area (Å²) in [6.07, 6.45) is 0.301. The van der Waals surface area contributed by atoms with Gasteiger partial charge in [0.15, 0.2) is 0 Å². The first kappa shape index (κ1) is 14.6. The van der Waals surface area contributed by atoms with E-state index in [-0.39, 0.29) is 5.82 Å². The van der Waals surface area contributed by atoms with Gasteiger partial charge in [-0.25, -0.2) is 4.39 Å². The van der Waals surface area contributed by atoms with E-state index >= 15 is 0 Å². The Morgan fingerprint density at radius 1 is 1.11 bits per heavy atom. The van der Waals surface area contributed by atoms with Gasteiger partial charge in [-0.2, -0.15) is 0 Å². The van der Waals surface area contributed by atoms with Crippen molar-refractivity contribution in [1.82, 2.24) is 0 Å². The highest BCUT2D eigenvalue weighted by Gasteiger charge is 2.16. The van der Waals surface area contributed by atoms with Crippen LogP contribution in [0.15, 0.2) is 36.4 Å². The van der Waals surface area contributed by atoms with Gasteiger partial charge >= 0.3 is 0 Å². The van der Waals surface area contributed by atoms with Crippen molar-refractivity contribution in [2.45, 2.75) is 18.7 Å². The minimum atomic E-state index is -0.414. The number of rotatable bonds is 3. The molecule has 2 aromatic carbocycles. The minimum absolute atomic E-state index is 0.301. The fourth-order valence-corrected chi connectivity index (χ4v) is 2.91. The first-order valence-corrected chi connectivity index (χ1v) is 7.01. The summed E-state index contributed by atoms with van der Waals surface area (Å²) in [4.78, 5) is 0. The van der Waals surface area contributed by atoms with Crippen molar-refractivity contribution in [3.05, 3.63) is 69.0 Å². The van der Waals surface area contributed by atoms with Gasteiger partial charge in [0.25, 0.3) is 0 Å². The second kappa shape index (κ2) is 6.13. The Kier molecular flexibility index (Phi) is 4.72. The molecule has 0 aromatic heterocycles. The van der Waals surface area contributed by atoms with E-state index in [4.69, 9.17) is 34.8 Å². The Labute approximate surface area is 127 Å². The molecule has 4 heteroatoms. The van der Waals surface area contributed by atoms with E-state index in [0.29, 0.717) is 22.0 Å². The molecule has 0 saturated carbocycles. The highest BCUT2D eigenvalue weighted by molar-refractivity contribution is 6.33. The van der Waals surface area contributed by atoms with Gasteiger partial charge in [0.05, 0.1) is 5.38 Å². The van der Waals surface area contributed by atoms with Crippen molar-refractivity contribution in [3.63, 3.8) is 0 Å². The molecular formula is C15H12Cl3F. The minimum Gasteiger partial charge on any atom is -0.207 e. The third kappa shape index (κ3) is 3.42. The van der Waals surface area contributed by atoms with E-state index < -0.39 is 5.38 Å². The molecule has 19 heavy (non-hydrogen) atoms. The van der Waals surface area contributed by atoms with Crippen LogP contribution < -0.4 is 0 Å². The van der Waals surface area contributed by atoms with Crippen molar-refractivity contribution < 1.29 is 4.39 Å². The molecule has 0 spiro atoms. The maximum absolute atomic E-state index is 13.7. The van der Waals surface area contributed by atoms with Crippen LogP contribution in [0.4, 0.5) is 4.39 Å². The molecule has 0 heterocycles. The number of benzene rings is 2. The van der Waals surface area contributed by atoms with Crippen LogP contribution in [0, 0.1) is 12.7 Å². The molecule has 0 N–H and O–H groups in total. The molecule has 0 aliphatic rings. The summed E-state index contributed by atoms with van der Waals surface area (Å²) < 4.78 is 13.7. The Balaban J connectivity index is 2.28. The van der Waals surface area contributed by atoms with E-state index in [1.807, 2.05) is 25.1 Å². The quantitative estimate of drug-likeness (QED) is 0.612. The molecule has 0 radical (unpaired) electrons. The number of hydrogen-bond acceptors (Lipinski definition) is 0. The average molecular weight is 318 g/mol. The summed E-state index contributed by atoms with van der Waals surface area (Å²) in [5, 5.41) is 0.559. The standard InChI is InChI=1S/C15H12Cl3F/c1-9-5-6-10(13(17)7-9)14(18)8-11-12(16)3-2-4-15(11)19/h2-7,14H,8H2,1H3. The van der Waals surface area contributed by atoms with Crippen molar-refractivity contribution in [2.75, 3.05) is 0 Å². The van der Waals surface area contributed by atoms with Crippen LogP contribution in [0.5, 0.6) is 0 Å². The zero-order valence-corrected chi connectivity index (χ0v) is 12.5. The molecule has 0 amide bonds. The SMILES string of the molecule is Cc1ccc(C(Cl)Cc2c(F)cccc2Cl)c(Cl)c1. The lowest BCUT2D eigenvalue weighted by molar-refractivity contribution is 0.607. The fourth-order valence-electron chi connectivity index (χ4n) is 1.90. The van der Waals surface area contributed by atoms with E-state index in [9.17, 15) is 4.39 Å². The van der Waals surface area contributed by atoms with Gasteiger partial charge in [-0.3, -0.25) is 0 Å². The molecule has 0 aliphatic carbocycles. The summed E-state index contributed by atoms with van der Waals surface area (Å²) in [6, 6.07) is 10.2. The Hall–Kier alpha value is -0.760. The van der Waals surface area contributed by atoms with Crippen molar-refractivity contribution in [3.8, 4) is 0 Å². The highest BCUT2D eigenvalue weighted by Crippen LogP contribution is 2.33. The predicted octanol–water partition coefficient (Wildman–Crippen LogP) is 5.96. The molecule has 1 unspecified atom stereocenters. The monoisotopic (exact) mass is 316 g/mol. The van der Waals surface area contributed by atoms with Crippen molar-refractivity contribution in [1.29, 1.82) is 0 Å². The topological polar surface area (TPSA) is 0 Å². The van der Waals surface area contributed by atoms with Gasteiger partial charge < -0.3 is 0 Å². The molecule has 0 nitrogen and oxygen atoms in total. The van der Waals surface area contributed by atoms with Gasteiger partial charge in [-0.1, -0.05) is 41.4 Å². The average Bonchev–Trinajstić information content (AvgIpc) is 2.33. The van der Waals surface area contributed by atoms with Gasteiger partial charge in [-0.05, 0) is 42.7 Å². The fraction of sp³-hybridized carbons (Fsp3) is 0.200. The molecule has 100 valence electrons. The predicted molar refractivity (Wildman–Crippen MR) is 79.9 cm³/mol. The number of alkyl halides is 1. The van der Waals surface area contributed by atoms with E-state index in [1.165, 1.54) is 6.07 Å². The number of hydrogen-bond donors (Lipinski definition) is 0. The number of aryl methyl sites for hydroxylation is 1. The van der Waals surface area contributed by atoms with Crippen LogP contribution in [0.25, 0.3) is 0 Å². The van der Waals surface area contributed by atoms with Crippen LogP contribution in [-0.4, -0.2) is 0 Å². The summed E-state index contributed by atoms with van der Waals surface area (Å²) in [5.74, 6) is -0.346. The Bertz CT molecular complexity index is 576. The second-order valence-electron chi connectivity index (χ2n) is 4.40. The van der Waals surface area contributed by atoms with Gasteiger partial charge in [0.1, 0.15) is 5.82 Å². The van der Waals surface area contributed by atoms with E-state index in [1.54, 1.807) is 12.1 Å². The molecule has 2 aromatic rings. The van der Waals surface area contributed by atoms with Crippen LogP contribution in [-0.2, 0) is 6.42 Å². The van der Waals surface area contributed by atoms with Crippen LogP contribution >= 0.6 is 34.8 Å². The molecular weight excluding hydrogens is 306 g/mol. The maximum Gasteiger partial charge on any atom is 0.127 e. The third-order valence-electron chi connectivity index (χ3n) is 2.94. The largest absolute Gasteiger partial charge is 0.207 e. The summed E-state index contributed by atoms with van der Waals surface area (Å²) >= 11 is 18.5. The highest BCUT2D eigenvalue weighted by atomic mass is 35.5. The zero-order valence-electron chi connectivity index (χ0n) is 10.3. The van der Waals surface area contributed by atoms with E-state index in [2.05, 4.69) is 0 Å². The lowest BCUT2D eigenvalue weighted by Gasteiger charge is -2.14. The molecule has 1 atom stereocenters. The Morgan fingerprint density at radius 2 is 1.84 bits per heavy atom. The summed E-state index contributed by atoms with van der Waals surface area (Å²) in [6.45, 7) is 1.95. The van der Waals surface area contributed by atoms with Gasteiger partial charge in [-0.15, -0.1) is 11.6 Å². The van der Waals surface area contributed by atoms with Crippen molar-refractivity contribution in [2.24, 2.45) is 0 Å². The van der Waals surface area contributed by atoms with Crippen LogP contribution in [0.2, 0.25) is 10.0 Å². The number of halogens is 4. The zero-order chi connectivity index (χ0) is 14.0. The van der Waals surface area contributed by atoms with Crippen LogP contribution in [0.1, 0.15) is 22.1 Å². The first-order chi connectivity index (χ1) is 8.99. The lowest BCUT2D eigenvalue weighted by atomic mass is 10.0. The molecule has 0 aliphatic heterocycles. The summed E-state index contributed by atoms with van der Waals surface area (Å²) in [5.41, 5.74) is 2.26. The lowest BCUT2D eigenvalue weighted by Crippen LogP contribution is -2.00. The molecule has 2 rings (SSSR count). The summed E-state index contributed by atoms with van der Waals surface area (Å²) in [7, 11) is 0. The maximum atomic E-state index is 13.7. The molecule has 0 saturated heterocycles.